The third-order valence-electron chi connectivity index (χ3n) is 4.57. The summed E-state index contributed by atoms with van der Waals surface area (Å²) in [6, 6.07) is 7.50. The Labute approximate surface area is 133 Å². The number of hydrogen-bond acceptors (Lipinski definition) is 5. The van der Waals surface area contributed by atoms with E-state index in [0.717, 1.165) is 5.56 Å². The minimum Gasteiger partial charge on any atom is -0.450 e. The van der Waals surface area contributed by atoms with Crippen LogP contribution in [0.2, 0.25) is 0 Å². The quantitative estimate of drug-likeness (QED) is 0.751. The molecule has 6 heteroatoms. The molecule has 2 aromatic rings. The second-order valence-electron chi connectivity index (χ2n) is 5.81. The van der Waals surface area contributed by atoms with Gasteiger partial charge in [-0.1, -0.05) is 18.2 Å². The van der Waals surface area contributed by atoms with Gasteiger partial charge >= 0.3 is 5.97 Å². The molecule has 0 unspecified atom stereocenters. The predicted molar refractivity (Wildman–Crippen MR) is 80.7 cm³/mol. The molecule has 23 heavy (non-hydrogen) atoms. The number of ether oxygens (including phenoxy) is 1. The van der Waals surface area contributed by atoms with Gasteiger partial charge in [0.15, 0.2) is 0 Å². The first-order valence-electron chi connectivity index (χ1n) is 7.58. The highest BCUT2D eigenvalue weighted by Gasteiger charge is 2.47. The number of likely N-dealkylation sites (tertiary alicyclic amines) is 1. The normalized spacial score (nSPS) is 18.6. The van der Waals surface area contributed by atoms with Gasteiger partial charge in [0.05, 0.1) is 11.8 Å². The van der Waals surface area contributed by atoms with Crippen molar-refractivity contribution in [3.8, 4) is 0 Å². The summed E-state index contributed by atoms with van der Waals surface area (Å²) in [4.78, 5) is 34.2. The van der Waals surface area contributed by atoms with Crippen molar-refractivity contribution in [3.63, 3.8) is 0 Å². The number of nitrogens with zero attached hydrogens (tertiary/aromatic N) is 3. The number of benzene rings is 1. The molecule has 0 N–H and O–H groups in total. The van der Waals surface area contributed by atoms with Gasteiger partial charge in [0.1, 0.15) is 11.3 Å². The molecule has 3 heterocycles. The monoisotopic (exact) mass is 309 g/mol. The van der Waals surface area contributed by atoms with Crippen molar-refractivity contribution in [2.45, 2.75) is 18.4 Å². The molecule has 2 aliphatic rings. The number of piperidine rings is 1. The van der Waals surface area contributed by atoms with Crippen LogP contribution in [0.5, 0.6) is 0 Å². The second kappa shape index (κ2) is 5.15. The van der Waals surface area contributed by atoms with E-state index >= 15 is 0 Å². The largest absolute Gasteiger partial charge is 0.450 e. The van der Waals surface area contributed by atoms with Crippen LogP contribution in [0.25, 0.3) is 0 Å². The van der Waals surface area contributed by atoms with Gasteiger partial charge < -0.3 is 9.64 Å². The molecule has 1 spiro atoms. The Hall–Kier alpha value is -2.76. The molecule has 1 aromatic heterocycles. The van der Waals surface area contributed by atoms with Crippen molar-refractivity contribution in [1.29, 1.82) is 0 Å². The summed E-state index contributed by atoms with van der Waals surface area (Å²) >= 11 is 0. The first-order chi connectivity index (χ1) is 11.2. The summed E-state index contributed by atoms with van der Waals surface area (Å²) in [6.45, 7) is 1.05. The zero-order valence-corrected chi connectivity index (χ0v) is 12.4. The molecule has 4 rings (SSSR count). The molecular formula is C17H15N3O3. The number of hydrogen-bond donors (Lipinski definition) is 0. The zero-order chi connectivity index (χ0) is 15.9. The van der Waals surface area contributed by atoms with E-state index in [4.69, 9.17) is 4.74 Å². The average molecular weight is 309 g/mol. The number of esters is 1. The fourth-order valence-corrected chi connectivity index (χ4v) is 3.36. The summed E-state index contributed by atoms with van der Waals surface area (Å²) in [7, 11) is 0. The zero-order valence-electron chi connectivity index (χ0n) is 12.4. The SMILES string of the molecule is O=C1OC2(CCN(C(=O)c3cnccn3)CC2)c2ccccc21. The van der Waals surface area contributed by atoms with Gasteiger partial charge in [-0.05, 0) is 6.07 Å². The molecule has 0 radical (unpaired) electrons. The molecule has 1 fully saturated rings. The Morgan fingerprint density at radius 3 is 2.70 bits per heavy atom. The number of carbonyl (C=O) groups is 2. The standard InChI is InChI=1S/C17H15N3O3/c21-15(14-11-18-7-8-19-14)20-9-5-17(6-10-20)13-4-2-1-3-12(13)16(22)23-17/h1-4,7-8,11H,5-6,9-10H2. The molecule has 1 saturated heterocycles. The van der Waals surface area contributed by atoms with Crippen LogP contribution in [0.3, 0.4) is 0 Å². The van der Waals surface area contributed by atoms with Gasteiger partial charge in [0, 0.05) is 43.9 Å². The number of amides is 1. The van der Waals surface area contributed by atoms with Gasteiger partial charge in [-0.2, -0.15) is 0 Å². The van der Waals surface area contributed by atoms with Crippen LogP contribution in [0.4, 0.5) is 0 Å². The lowest BCUT2D eigenvalue weighted by atomic mass is 9.83. The van der Waals surface area contributed by atoms with Gasteiger partial charge in [-0.15, -0.1) is 0 Å². The fourth-order valence-electron chi connectivity index (χ4n) is 3.36. The Bertz CT molecular complexity index is 768. The van der Waals surface area contributed by atoms with Crippen molar-refractivity contribution in [2.24, 2.45) is 0 Å². The van der Waals surface area contributed by atoms with E-state index in [0.29, 0.717) is 37.2 Å². The minimum absolute atomic E-state index is 0.134. The summed E-state index contributed by atoms with van der Waals surface area (Å²) in [5.74, 6) is -0.403. The lowest BCUT2D eigenvalue weighted by Crippen LogP contribution is -2.45. The van der Waals surface area contributed by atoms with Gasteiger partial charge in [0.25, 0.3) is 5.91 Å². The predicted octanol–water partition coefficient (Wildman–Crippen LogP) is 1.78. The van der Waals surface area contributed by atoms with Crippen molar-refractivity contribution in [3.05, 3.63) is 59.7 Å². The maximum atomic E-state index is 12.4. The molecule has 116 valence electrons. The van der Waals surface area contributed by atoms with Crippen molar-refractivity contribution in [2.75, 3.05) is 13.1 Å². The van der Waals surface area contributed by atoms with Crippen LogP contribution in [-0.2, 0) is 10.3 Å². The molecule has 0 bridgehead atoms. The lowest BCUT2D eigenvalue weighted by Gasteiger charge is -2.38. The van der Waals surface area contributed by atoms with Gasteiger partial charge in [-0.25, -0.2) is 9.78 Å². The summed E-state index contributed by atoms with van der Waals surface area (Å²) < 4.78 is 5.69. The third-order valence-corrected chi connectivity index (χ3v) is 4.57. The fraction of sp³-hybridized carbons (Fsp3) is 0.294. The van der Waals surface area contributed by atoms with Crippen LogP contribution < -0.4 is 0 Å². The van der Waals surface area contributed by atoms with E-state index in [9.17, 15) is 9.59 Å². The van der Waals surface area contributed by atoms with Crippen molar-refractivity contribution >= 4 is 11.9 Å². The van der Waals surface area contributed by atoms with Crippen LogP contribution in [0, 0.1) is 0 Å². The summed E-state index contributed by atoms with van der Waals surface area (Å²) in [5.41, 5.74) is 1.33. The molecule has 2 aliphatic heterocycles. The van der Waals surface area contributed by atoms with Gasteiger partial charge in [0.2, 0.25) is 0 Å². The van der Waals surface area contributed by atoms with E-state index in [1.807, 2.05) is 18.2 Å². The average Bonchev–Trinajstić information content (AvgIpc) is 2.88. The Kier molecular flexibility index (Phi) is 3.11. The highest BCUT2D eigenvalue weighted by atomic mass is 16.6. The molecule has 1 aromatic carbocycles. The minimum atomic E-state index is -0.590. The van der Waals surface area contributed by atoms with Crippen LogP contribution in [0.1, 0.15) is 39.3 Å². The second-order valence-corrected chi connectivity index (χ2v) is 5.81. The van der Waals surface area contributed by atoms with Crippen molar-refractivity contribution in [1.82, 2.24) is 14.9 Å². The highest BCUT2D eigenvalue weighted by molar-refractivity contribution is 5.95. The molecule has 1 amide bonds. The first kappa shape index (κ1) is 13.9. The Morgan fingerprint density at radius 1 is 1.17 bits per heavy atom. The van der Waals surface area contributed by atoms with E-state index in [1.54, 1.807) is 11.0 Å². The van der Waals surface area contributed by atoms with Crippen LogP contribution in [0.15, 0.2) is 42.9 Å². The maximum absolute atomic E-state index is 12.4. The molecule has 0 saturated carbocycles. The Morgan fingerprint density at radius 2 is 1.96 bits per heavy atom. The molecule has 6 nitrogen and oxygen atoms in total. The van der Waals surface area contributed by atoms with E-state index in [2.05, 4.69) is 9.97 Å². The third kappa shape index (κ3) is 2.18. The number of rotatable bonds is 1. The molecule has 0 atom stereocenters. The smallest absolute Gasteiger partial charge is 0.339 e. The Balaban J connectivity index is 1.54. The number of carbonyl (C=O) groups excluding carboxylic acids is 2. The van der Waals surface area contributed by atoms with Crippen LogP contribution in [-0.4, -0.2) is 39.8 Å². The molecular weight excluding hydrogens is 294 g/mol. The van der Waals surface area contributed by atoms with Crippen molar-refractivity contribution < 1.29 is 14.3 Å². The van der Waals surface area contributed by atoms with Gasteiger partial charge in [-0.3, -0.25) is 9.78 Å². The van der Waals surface area contributed by atoms with Crippen LogP contribution >= 0.6 is 0 Å². The van der Waals surface area contributed by atoms with E-state index in [-0.39, 0.29) is 11.9 Å². The maximum Gasteiger partial charge on any atom is 0.339 e. The number of fused-ring (bicyclic) bond motifs is 2. The first-order valence-corrected chi connectivity index (χ1v) is 7.58. The topological polar surface area (TPSA) is 72.4 Å². The summed E-state index contributed by atoms with van der Waals surface area (Å²) in [5, 5.41) is 0. The van der Waals surface area contributed by atoms with E-state index < -0.39 is 5.60 Å². The molecule has 0 aliphatic carbocycles. The summed E-state index contributed by atoms with van der Waals surface area (Å²) in [6.07, 6.45) is 5.71. The highest BCUT2D eigenvalue weighted by Crippen LogP contribution is 2.44. The van der Waals surface area contributed by atoms with E-state index in [1.165, 1.54) is 18.6 Å². The number of aromatic nitrogens is 2. The lowest BCUT2D eigenvalue weighted by molar-refractivity contribution is -0.0390.